The highest BCUT2D eigenvalue weighted by Gasteiger charge is 2.53. The summed E-state index contributed by atoms with van der Waals surface area (Å²) < 4.78 is 32.5. The van der Waals surface area contributed by atoms with E-state index in [9.17, 15) is 35.1 Å². The number of aliphatic hydroxyl groups excluding tert-OH is 5. The highest BCUT2D eigenvalue weighted by Crippen LogP contribution is 2.45. The molecule has 0 unspecified atom stereocenters. The quantitative estimate of drug-likeness (QED) is 0.140. The smallest absolute Gasteiger partial charge is 0.337 e. The molecule has 0 spiro atoms. The lowest BCUT2D eigenvalue weighted by Gasteiger charge is -2.43. The Morgan fingerprint density at radius 2 is 1.70 bits per heavy atom. The summed E-state index contributed by atoms with van der Waals surface area (Å²) in [6, 6.07) is 6.95. The van der Waals surface area contributed by atoms with Crippen LogP contribution in [-0.4, -0.2) is 108 Å². The van der Waals surface area contributed by atoms with Crippen molar-refractivity contribution in [2.45, 2.75) is 43.1 Å². The third-order valence-corrected chi connectivity index (χ3v) is 7.03. The Balaban J connectivity index is 1.55. The lowest BCUT2D eigenvalue weighted by atomic mass is 9.82. The van der Waals surface area contributed by atoms with Crippen LogP contribution in [0.4, 0.5) is 0 Å². The molecule has 0 bridgehead atoms. The van der Waals surface area contributed by atoms with E-state index in [1.807, 2.05) is 0 Å². The van der Waals surface area contributed by atoms with Gasteiger partial charge in [-0.05, 0) is 35.4 Å². The van der Waals surface area contributed by atoms with E-state index in [-0.39, 0.29) is 5.57 Å². The zero-order chi connectivity index (χ0) is 29.0. The summed E-state index contributed by atoms with van der Waals surface area (Å²) in [6.45, 7) is -1.18. The predicted molar refractivity (Wildman–Crippen MR) is 134 cm³/mol. The van der Waals surface area contributed by atoms with Crippen molar-refractivity contribution in [1.29, 1.82) is 0 Å². The zero-order valence-corrected chi connectivity index (χ0v) is 21.7. The molecule has 2 aliphatic heterocycles. The zero-order valence-electron chi connectivity index (χ0n) is 21.7. The molecule has 2 heterocycles. The van der Waals surface area contributed by atoms with Crippen molar-refractivity contribution in [2.24, 2.45) is 11.8 Å². The molecule has 1 aliphatic carbocycles. The molecule has 1 aromatic rings. The number of hydrogen-bond donors (Lipinski definition) is 5. The van der Waals surface area contributed by atoms with Gasteiger partial charge < -0.3 is 54.0 Å². The second kappa shape index (κ2) is 12.9. The molecular weight excluding hydrogens is 532 g/mol. The molecule has 5 N–H and O–H groups in total. The van der Waals surface area contributed by atoms with Gasteiger partial charge in [0.05, 0.1) is 45.2 Å². The van der Waals surface area contributed by atoms with Crippen molar-refractivity contribution in [1.82, 2.24) is 0 Å². The van der Waals surface area contributed by atoms with E-state index in [1.165, 1.54) is 32.4 Å². The molecule has 9 atom stereocenters. The number of ether oxygens (including phenoxy) is 6. The molecule has 0 radical (unpaired) electrons. The molecule has 13 heteroatoms. The monoisotopic (exact) mass is 564 g/mol. The minimum absolute atomic E-state index is 0.0118. The van der Waals surface area contributed by atoms with Gasteiger partial charge in [-0.25, -0.2) is 9.59 Å². The van der Waals surface area contributed by atoms with E-state index in [0.717, 1.165) is 6.26 Å². The van der Waals surface area contributed by atoms with Crippen LogP contribution >= 0.6 is 0 Å². The minimum Gasteiger partial charge on any atom is -0.497 e. The summed E-state index contributed by atoms with van der Waals surface area (Å²) >= 11 is 0. The number of fused-ring (bicyclic) bond motifs is 1. The van der Waals surface area contributed by atoms with E-state index < -0.39 is 80.1 Å². The molecule has 1 fully saturated rings. The Kier molecular flexibility index (Phi) is 9.58. The largest absolute Gasteiger partial charge is 0.497 e. The summed E-state index contributed by atoms with van der Waals surface area (Å²) in [5.41, 5.74) is 1.03. The Hall–Kier alpha value is -3.30. The molecule has 0 saturated carbocycles. The number of hydrogen-bond acceptors (Lipinski definition) is 13. The van der Waals surface area contributed by atoms with E-state index in [0.29, 0.717) is 16.9 Å². The van der Waals surface area contributed by atoms with Gasteiger partial charge in [0, 0.05) is 12.0 Å². The predicted octanol–water partition coefficient (Wildman–Crippen LogP) is -0.985. The van der Waals surface area contributed by atoms with Crippen LogP contribution in [-0.2, 0) is 33.3 Å². The van der Waals surface area contributed by atoms with E-state index in [1.54, 1.807) is 24.3 Å². The average Bonchev–Trinajstić information content (AvgIpc) is 3.34. The van der Waals surface area contributed by atoms with Crippen molar-refractivity contribution in [3.63, 3.8) is 0 Å². The van der Waals surface area contributed by atoms with Crippen molar-refractivity contribution >= 4 is 18.0 Å². The van der Waals surface area contributed by atoms with Gasteiger partial charge in [0.1, 0.15) is 36.3 Å². The van der Waals surface area contributed by atoms with Crippen molar-refractivity contribution in [3.8, 4) is 5.75 Å². The number of carbonyl (C=O) groups excluding carboxylic acids is 2. The number of rotatable bonds is 9. The summed E-state index contributed by atoms with van der Waals surface area (Å²) in [6.07, 6.45) is -4.82. The van der Waals surface area contributed by atoms with Crippen molar-refractivity contribution in [3.05, 3.63) is 59.4 Å². The van der Waals surface area contributed by atoms with Gasteiger partial charge in [0.25, 0.3) is 0 Å². The summed E-state index contributed by atoms with van der Waals surface area (Å²) in [5, 5.41) is 50.2. The summed E-state index contributed by atoms with van der Waals surface area (Å²) in [5.74, 6) is -2.64. The van der Waals surface area contributed by atoms with Crippen molar-refractivity contribution in [2.75, 3.05) is 27.4 Å². The van der Waals surface area contributed by atoms with Gasteiger partial charge in [0.2, 0.25) is 6.29 Å². The number of benzene rings is 1. The van der Waals surface area contributed by atoms with Crippen molar-refractivity contribution < 1.29 is 63.5 Å². The lowest BCUT2D eigenvalue weighted by molar-refractivity contribution is -0.340. The lowest BCUT2D eigenvalue weighted by Crippen LogP contribution is -2.60. The molecule has 218 valence electrons. The fourth-order valence-electron chi connectivity index (χ4n) is 4.93. The normalized spacial score (nSPS) is 33.4. The molecule has 1 aromatic carbocycles. The molecule has 0 aromatic heterocycles. The molecule has 40 heavy (non-hydrogen) atoms. The highest BCUT2D eigenvalue weighted by molar-refractivity contribution is 5.90. The number of aliphatic hydroxyl groups is 5. The van der Waals surface area contributed by atoms with E-state index in [4.69, 9.17) is 28.4 Å². The number of carbonyl (C=O) groups is 2. The second-order valence-corrected chi connectivity index (χ2v) is 9.36. The van der Waals surface area contributed by atoms with E-state index >= 15 is 0 Å². The average molecular weight is 565 g/mol. The van der Waals surface area contributed by atoms with Gasteiger partial charge in [-0.15, -0.1) is 0 Å². The standard InChI is InChI=1S/C27H32O13/c1-35-15-6-3-13(4-7-15)5-8-19(30)38-17-9-14(10-28)20-21(17)16(25(34)36-2)12-37-26(20)40-27-24(33)23(32)22(31)18(11-29)39-27/h3-9,12,17-18,20-24,26-29,31-33H,10-11H2,1-2H3/t17-,18+,20-,21+,22+,23-,24+,26-,27+/m0/s1. The van der Waals surface area contributed by atoms with Gasteiger partial charge in [-0.3, -0.25) is 0 Å². The maximum absolute atomic E-state index is 12.7. The molecule has 1 saturated heterocycles. The first-order valence-corrected chi connectivity index (χ1v) is 12.5. The van der Waals surface area contributed by atoms with E-state index in [2.05, 4.69) is 0 Å². The Labute approximate surface area is 229 Å². The van der Waals surface area contributed by atoms with Gasteiger partial charge in [-0.2, -0.15) is 0 Å². The van der Waals surface area contributed by atoms with Crippen LogP contribution in [0.3, 0.4) is 0 Å². The first kappa shape index (κ1) is 29.7. The molecule has 13 nitrogen and oxygen atoms in total. The highest BCUT2D eigenvalue weighted by atomic mass is 16.8. The molecule has 4 rings (SSSR count). The summed E-state index contributed by atoms with van der Waals surface area (Å²) in [7, 11) is 2.71. The SMILES string of the molecule is COC(=O)C1=CO[C@@H](O[C@H]2O[C@H](CO)[C@@H](O)[C@H](O)[C@H]2O)[C@H]2C(CO)=C[C@H](OC(=O)C=Cc3ccc(OC)cc3)[C@@H]12. The van der Waals surface area contributed by atoms with Crippen LogP contribution in [0.1, 0.15) is 5.56 Å². The maximum atomic E-state index is 12.7. The Bertz CT molecular complexity index is 1140. The van der Waals surface area contributed by atoms with Crippen LogP contribution in [0.25, 0.3) is 6.08 Å². The van der Waals surface area contributed by atoms with Gasteiger partial charge in [0.15, 0.2) is 6.29 Å². The third kappa shape index (κ3) is 6.05. The van der Waals surface area contributed by atoms with Gasteiger partial charge in [-0.1, -0.05) is 12.1 Å². The maximum Gasteiger partial charge on any atom is 0.337 e. The molecular formula is C27H32O13. The first-order valence-electron chi connectivity index (χ1n) is 12.5. The Morgan fingerprint density at radius 3 is 2.33 bits per heavy atom. The fraction of sp³-hybridized carbons (Fsp3) is 0.481. The topological polar surface area (TPSA) is 191 Å². The summed E-state index contributed by atoms with van der Waals surface area (Å²) in [4.78, 5) is 25.3. The van der Waals surface area contributed by atoms with Crippen LogP contribution in [0.2, 0.25) is 0 Å². The third-order valence-electron chi connectivity index (χ3n) is 7.03. The molecule has 3 aliphatic rings. The second-order valence-electron chi connectivity index (χ2n) is 9.36. The Morgan fingerprint density at radius 1 is 0.975 bits per heavy atom. The fourth-order valence-corrected chi connectivity index (χ4v) is 4.93. The molecule has 0 amide bonds. The van der Waals surface area contributed by atoms with Crippen LogP contribution < -0.4 is 4.74 Å². The van der Waals surface area contributed by atoms with Crippen LogP contribution in [0, 0.1) is 11.8 Å². The number of methoxy groups -OCH3 is 2. The number of esters is 2. The first-order chi connectivity index (χ1) is 19.2. The minimum atomic E-state index is -1.72. The van der Waals surface area contributed by atoms with Crippen LogP contribution in [0.5, 0.6) is 5.75 Å². The van der Waals surface area contributed by atoms with Crippen LogP contribution in [0.15, 0.2) is 53.8 Å². The van der Waals surface area contributed by atoms with Gasteiger partial charge >= 0.3 is 11.9 Å².